The minimum absolute atomic E-state index is 0.0811. The zero-order chi connectivity index (χ0) is 9.90. The minimum atomic E-state index is -3.41. The molecule has 0 aliphatic carbocycles. The minimum Gasteiger partial charge on any atom is -0.431 e. The van der Waals surface area contributed by atoms with Crippen molar-refractivity contribution in [2.75, 3.05) is 0 Å². The van der Waals surface area contributed by atoms with E-state index in [1.165, 1.54) is 12.1 Å². The van der Waals surface area contributed by atoms with Crippen LogP contribution < -0.4 is 4.74 Å². The first-order chi connectivity index (χ1) is 6.02. The van der Waals surface area contributed by atoms with Crippen molar-refractivity contribution >= 4 is 27.5 Å². The van der Waals surface area contributed by atoms with Gasteiger partial charge >= 0.3 is 6.11 Å². The molecule has 1 unspecified atom stereocenters. The fraction of sp³-hybridized carbons (Fsp3) is 0.250. The molecule has 5 heteroatoms. The summed E-state index contributed by atoms with van der Waals surface area (Å²) in [5, 5.41) is 0. The molecular formula is C8H6BrClF2O. The Balaban J connectivity index is 2.69. The van der Waals surface area contributed by atoms with Gasteiger partial charge in [0.05, 0.1) is 0 Å². The third-order valence-corrected chi connectivity index (χ3v) is 2.04. The lowest BCUT2D eigenvalue weighted by Crippen LogP contribution is -2.31. The summed E-state index contributed by atoms with van der Waals surface area (Å²) in [5.74, 6) is 0.0811. The topological polar surface area (TPSA) is 9.23 Å². The Morgan fingerprint density at radius 1 is 1.31 bits per heavy atom. The van der Waals surface area contributed by atoms with Gasteiger partial charge in [-0.3, -0.25) is 0 Å². The summed E-state index contributed by atoms with van der Waals surface area (Å²) in [6, 6.07) is 7.77. The highest BCUT2D eigenvalue weighted by molar-refractivity contribution is 9.10. The Bertz CT molecular complexity index is 266. The molecule has 0 saturated carbocycles. The van der Waals surface area contributed by atoms with Gasteiger partial charge in [0.1, 0.15) is 5.75 Å². The van der Waals surface area contributed by atoms with E-state index in [4.69, 9.17) is 11.6 Å². The van der Waals surface area contributed by atoms with Crippen molar-refractivity contribution < 1.29 is 13.5 Å². The van der Waals surface area contributed by atoms with Crippen molar-refractivity contribution in [1.29, 1.82) is 0 Å². The Kier molecular flexibility index (Phi) is 3.50. The Hall–Kier alpha value is -0.350. The molecule has 0 aromatic heterocycles. The van der Waals surface area contributed by atoms with E-state index in [0.717, 1.165) is 0 Å². The number of benzene rings is 1. The van der Waals surface area contributed by atoms with Crippen molar-refractivity contribution in [3.8, 4) is 5.75 Å². The van der Waals surface area contributed by atoms with Gasteiger partial charge < -0.3 is 4.74 Å². The zero-order valence-electron chi connectivity index (χ0n) is 6.38. The first-order valence-electron chi connectivity index (χ1n) is 3.42. The van der Waals surface area contributed by atoms with Crippen molar-refractivity contribution in [2.45, 2.75) is 10.4 Å². The summed E-state index contributed by atoms with van der Waals surface area (Å²) in [6.45, 7) is 0. The van der Waals surface area contributed by atoms with Crippen LogP contribution in [0.2, 0.25) is 0 Å². The number of rotatable bonds is 3. The molecule has 1 atom stereocenters. The van der Waals surface area contributed by atoms with Crippen LogP contribution in [0.15, 0.2) is 30.3 Å². The zero-order valence-corrected chi connectivity index (χ0v) is 8.73. The maximum absolute atomic E-state index is 12.8. The number of halogens is 4. The van der Waals surface area contributed by atoms with Gasteiger partial charge in [0.15, 0.2) is 4.29 Å². The summed E-state index contributed by atoms with van der Waals surface area (Å²) in [5.41, 5.74) is 0. The van der Waals surface area contributed by atoms with Crippen LogP contribution in [0, 0.1) is 0 Å². The van der Waals surface area contributed by atoms with Gasteiger partial charge in [-0.15, -0.1) is 0 Å². The number of ether oxygens (including phenoxy) is 1. The molecule has 72 valence electrons. The van der Waals surface area contributed by atoms with Gasteiger partial charge in [0, 0.05) is 0 Å². The van der Waals surface area contributed by atoms with Crippen LogP contribution in [0.1, 0.15) is 0 Å². The Morgan fingerprint density at radius 2 is 1.85 bits per heavy atom. The van der Waals surface area contributed by atoms with E-state index in [1.54, 1.807) is 18.2 Å². The molecule has 1 aromatic rings. The van der Waals surface area contributed by atoms with E-state index in [-0.39, 0.29) is 5.75 Å². The van der Waals surface area contributed by atoms with Crippen LogP contribution in [0.5, 0.6) is 5.75 Å². The number of hydrogen-bond acceptors (Lipinski definition) is 1. The lowest BCUT2D eigenvalue weighted by molar-refractivity contribution is -0.161. The molecule has 0 saturated heterocycles. The quantitative estimate of drug-likeness (QED) is 0.763. The number of para-hydroxylation sites is 1. The highest BCUT2D eigenvalue weighted by Gasteiger charge is 2.39. The fourth-order valence-electron chi connectivity index (χ4n) is 0.690. The van der Waals surface area contributed by atoms with Crippen molar-refractivity contribution in [3.63, 3.8) is 0 Å². The van der Waals surface area contributed by atoms with Crippen LogP contribution in [0.4, 0.5) is 8.78 Å². The van der Waals surface area contributed by atoms with Crippen molar-refractivity contribution in [3.05, 3.63) is 30.3 Å². The SMILES string of the molecule is FC(F)(Oc1ccccc1)C(Cl)Br. The second-order valence-electron chi connectivity index (χ2n) is 2.28. The standard InChI is InChI=1S/C8H6BrClF2O/c9-7(10)8(11,12)13-6-4-2-1-3-5-6/h1-5,7H. The first-order valence-corrected chi connectivity index (χ1v) is 4.77. The molecule has 0 amide bonds. The third-order valence-electron chi connectivity index (χ3n) is 1.25. The molecule has 0 aliphatic heterocycles. The molecule has 0 spiro atoms. The molecule has 0 N–H and O–H groups in total. The maximum atomic E-state index is 12.8. The van der Waals surface area contributed by atoms with E-state index in [0.29, 0.717) is 0 Å². The summed E-state index contributed by atoms with van der Waals surface area (Å²) < 4.78 is 28.5. The molecule has 1 nitrogen and oxygen atoms in total. The molecule has 0 aliphatic rings. The molecule has 0 bridgehead atoms. The fourth-order valence-corrected chi connectivity index (χ4v) is 0.828. The second kappa shape index (κ2) is 4.24. The highest BCUT2D eigenvalue weighted by atomic mass is 79.9. The van der Waals surface area contributed by atoms with Gasteiger partial charge in [0.25, 0.3) is 0 Å². The van der Waals surface area contributed by atoms with E-state index in [2.05, 4.69) is 20.7 Å². The average molecular weight is 271 g/mol. The van der Waals surface area contributed by atoms with Gasteiger partial charge in [-0.1, -0.05) is 45.7 Å². The largest absolute Gasteiger partial charge is 0.431 e. The molecule has 0 fully saturated rings. The van der Waals surface area contributed by atoms with Crippen molar-refractivity contribution in [1.82, 2.24) is 0 Å². The third kappa shape index (κ3) is 3.12. The number of alkyl halides is 4. The Morgan fingerprint density at radius 3 is 2.31 bits per heavy atom. The molecule has 13 heavy (non-hydrogen) atoms. The summed E-state index contributed by atoms with van der Waals surface area (Å²) in [6.07, 6.45) is -3.41. The molecule has 0 radical (unpaired) electrons. The highest BCUT2D eigenvalue weighted by Crippen LogP contribution is 2.30. The van der Waals surface area contributed by atoms with E-state index < -0.39 is 10.4 Å². The normalized spacial score (nSPS) is 13.8. The van der Waals surface area contributed by atoms with Gasteiger partial charge in [0.2, 0.25) is 0 Å². The van der Waals surface area contributed by atoms with E-state index >= 15 is 0 Å². The predicted octanol–water partition coefficient (Wildman–Crippen LogP) is 3.62. The predicted molar refractivity (Wildman–Crippen MR) is 50.6 cm³/mol. The van der Waals surface area contributed by atoms with Gasteiger partial charge in [-0.05, 0) is 12.1 Å². The van der Waals surface area contributed by atoms with Crippen LogP contribution in [-0.4, -0.2) is 10.4 Å². The van der Waals surface area contributed by atoms with E-state index in [9.17, 15) is 8.78 Å². The summed E-state index contributed by atoms with van der Waals surface area (Å²) in [7, 11) is 0. The smallest absolute Gasteiger partial charge is 0.424 e. The monoisotopic (exact) mass is 270 g/mol. The lowest BCUT2D eigenvalue weighted by atomic mass is 10.3. The van der Waals surface area contributed by atoms with Gasteiger partial charge in [-0.2, -0.15) is 8.78 Å². The van der Waals surface area contributed by atoms with Crippen LogP contribution in [-0.2, 0) is 0 Å². The second-order valence-corrected chi connectivity index (χ2v) is 4.16. The molecule has 1 rings (SSSR count). The lowest BCUT2D eigenvalue weighted by Gasteiger charge is -2.18. The van der Waals surface area contributed by atoms with E-state index in [1.807, 2.05) is 0 Å². The van der Waals surface area contributed by atoms with Gasteiger partial charge in [-0.25, -0.2) is 0 Å². The Labute approximate surface area is 87.8 Å². The first kappa shape index (κ1) is 10.7. The maximum Gasteiger partial charge on any atom is 0.424 e. The number of hydrogen-bond donors (Lipinski definition) is 0. The molecule has 1 aromatic carbocycles. The summed E-state index contributed by atoms with van der Waals surface area (Å²) in [4.78, 5) is 0. The van der Waals surface area contributed by atoms with Crippen LogP contribution >= 0.6 is 27.5 Å². The van der Waals surface area contributed by atoms with Crippen LogP contribution in [0.3, 0.4) is 0 Å². The molecule has 0 heterocycles. The average Bonchev–Trinajstić information content (AvgIpc) is 2.05. The molecular weight excluding hydrogens is 265 g/mol. The summed E-state index contributed by atoms with van der Waals surface area (Å²) >= 11 is 7.70. The van der Waals surface area contributed by atoms with Crippen molar-refractivity contribution in [2.24, 2.45) is 0 Å². The van der Waals surface area contributed by atoms with Crippen LogP contribution in [0.25, 0.3) is 0 Å².